The average molecular weight is 328 g/mol. The molecule has 0 aliphatic heterocycles. The maximum Gasteiger partial charge on any atom is 0.283 e. The molecule has 19 heavy (non-hydrogen) atoms. The number of rotatable bonds is 3. The molecule has 1 aliphatic rings. The van der Waals surface area contributed by atoms with Crippen molar-refractivity contribution in [2.45, 2.75) is 52.6 Å². The van der Waals surface area contributed by atoms with Crippen molar-refractivity contribution >= 4 is 21.6 Å². The molecule has 0 saturated heterocycles. The maximum absolute atomic E-state index is 12.0. The number of hydrogen-bond donors (Lipinski definition) is 1. The molecule has 1 N–H and O–H groups in total. The highest BCUT2D eigenvalue weighted by Crippen LogP contribution is 2.31. The summed E-state index contributed by atoms with van der Waals surface area (Å²) in [6, 6.07) is 0.436. The summed E-state index contributed by atoms with van der Waals surface area (Å²) in [5, 5.41) is 7.66. The molecule has 1 fully saturated rings. The largest absolute Gasteiger partial charge is 0.380 e. The van der Waals surface area contributed by atoms with E-state index < -0.39 is 0 Å². The van der Waals surface area contributed by atoms with Crippen LogP contribution >= 0.6 is 15.9 Å². The van der Waals surface area contributed by atoms with Gasteiger partial charge in [-0.15, -0.1) is 0 Å². The summed E-state index contributed by atoms with van der Waals surface area (Å²) >= 11 is 3.39. The molecular weight excluding hydrogens is 306 g/mol. The molecule has 5 heteroatoms. The normalized spacial score (nSPS) is 27.3. The Morgan fingerprint density at radius 3 is 2.84 bits per heavy atom. The van der Waals surface area contributed by atoms with E-state index in [1.54, 1.807) is 6.20 Å². The minimum absolute atomic E-state index is 0.0654. The first-order valence-electron chi connectivity index (χ1n) is 7.05. The van der Waals surface area contributed by atoms with Gasteiger partial charge in [-0.3, -0.25) is 4.79 Å². The van der Waals surface area contributed by atoms with Gasteiger partial charge in [-0.05, 0) is 54.0 Å². The van der Waals surface area contributed by atoms with Crippen molar-refractivity contribution in [3.63, 3.8) is 0 Å². The average Bonchev–Trinajstić information content (AvgIpc) is 2.38. The first kappa shape index (κ1) is 14.6. The molecule has 0 radical (unpaired) electrons. The molecule has 2 rings (SSSR count). The number of anilines is 1. The molecule has 1 heterocycles. The first-order chi connectivity index (χ1) is 9.02. The summed E-state index contributed by atoms with van der Waals surface area (Å²) in [6.07, 6.45) is 5.40. The Balaban J connectivity index is 2.16. The third-order valence-corrected chi connectivity index (χ3v) is 4.82. The fourth-order valence-electron chi connectivity index (χ4n) is 2.87. The standard InChI is InChI=1S/C14H22BrN3O/c1-4-18-14(19)13(15)12(8-16-18)17-11-6-5-9(2)7-10(11)3/h8-11,17H,4-7H2,1-3H3. The lowest BCUT2D eigenvalue weighted by molar-refractivity contribution is 0.276. The van der Waals surface area contributed by atoms with Gasteiger partial charge in [0, 0.05) is 12.6 Å². The van der Waals surface area contributed by atoms with Crippen molar-refractivity contribution in [2.24, 2.45) is 11.8 Å². The zero-order valence-electron chi connectivity index (χ0n) is 11.8. The van der Waals surface area contributed by atoms with E-state index in [0.717, 1.165) is 18.0 Å². The van der Waals surface area contributed by atoms with Crippen LogP contribution in [0.1, 0.15) is 40.0 Å². The maximum atomic E-state index is 12.0. The topological polar surface area (TPSA) is 46.9 Å². The van der Waals surface area contributed by atoms with Crippen LogP contribution in [0.25, 0.3) is 0 Å². The molecule has 4 nitrogen and oxygen atoms in total. The molecule has 1 aromatic rings. The van der Waals surface area contributed by atoms with Crippen molar-refractivity contribution in [3.8, 4) is 0 Å². The highest BCUT2D eigenvalue weighted by Gasteiger charge is 2.26. The minimum Gasteiger partial charge on any atom is -0.380 e. The lowest BCUT2D eigenvalue weighted by Gasteiger charge is -2.33. The van der Waals surface area contributed by atoms with Crippen LogP contribution in [0.3, 0.4) is 0 Å². The minimum atomic E-state index is -0.0654. The van der Waals surface area contributed by atoms with Crippen LogP contribution in [0, 0.1) is 11.8 Å². The summed E-state index contributed by atoms with van der Waals surface area (Å²) in [6.45, 7) is 7.10. The third kappa shape index (κ3) is 3.19. The van der Waals surface area contributed by atoms with E-state index >= 15 is 0 Å². The lowest BCUT2D eigenvalue weighted by atomic mass is 9.80. The van der Waals surface area contributed by atoms with Crippen LogP contribution in [-0.4, -0.2) is 15.8 Å². The third-order valence-electron chi connectivity index (χ3n) is 4.06. The van der Waals surface area contributed by atoms with Gasteiger partial charge in [-0.2, -0.15) is 5.10 Å². The summed E-state index contributed by atoms with van der Waals surface area (Å²) in [5.74, 6) is 1.44. The van der Waals surface area contributed by atoms with Gasteiger partial charge >= 0.3 is 0 Å². The van der Waals surface area contributed by atoms with Crippen molar-refractivity contribution in [1.29, 1.82) is 0 Å². The van der Waals surface area contributed by atoms with Crippen LogP contribution in [0.2, 0.25) is 0 Å². The number of nitrogens with zero attached hydrogens (tertiary/aromatic N) is 2. The Morgan fingerprint density at radius 2 is 2.21 bits per heavy atom. The second kappa shape index (κ2) is 6.07. The Bertz CT molecular complexity index is 500. The molecule has 1 aromatic heterocycles. The van der Waals surface area contributed by atoms with Gasteiger partial charge in [-0.25, -0.2) is 4.68 Å². The van der Waals surface area contributed by atoms with Gasteiger partial charge in [-0.1, -0.05) is 13.8 Å². The Kier molecular flexibility index (Phi) is 4.66. The first-order valence-corrected chi connectivity index (χ1v) is 7.84. The summed E-state index contributed by atoms with van der Waals surface area (Å²) in [4.78, 5) is 12.0. The van der Waals surface area contributed by atoms with E-state index in [4.69, 9.17) is 0 Å². The number of hydrogen-bond acceptors (Lipinski definition) is 3. The predicted molar refractivity (Wildman–Crippen MR) is 81.5 cm³/mol. The molecule has 3 unspecified atom stereocenters. The predicted octanol–water partition coefficient (Wildman–Crippen LogP) is 3.26. The zero-order valence-corrected chi connectivity index (χ0v) is 13.4. The van der Waals surface area contributed by atoms with Gasteiger partial charge in [0.15, 0.2) is 0 Å². The van der Waals surface area contributed by atoms with E-state index in [1.165, 1.54) is 17.5 Å². The second-order valence-corrected chi connectivity index (χ2v) is 6.43. The van der Waals surface area contributed by atoms with Crippen molar-refractivity contribution in [2.75, 3.05) is 5.32 Å². The van der Waals surface area contributed by atoms with E-state index in [2.05, 4.69) is 40.2 Å². The monoisotopic (exact) mass is 327 g/mol. The van der Waals surface area contributed by atoms with Gasteiger partial charge in [0.2, 0.25) is 0 Å². The van der Waals surface area contributed by atoms with E-state index in [0.29, 0.717) is 23.0 Å². The van der Waals surface area contributed by atoms with E-state index in [-0.39, 0.29) is 5.56 Å². The molecule has 3 atom stereocenters. The highest BCUT2D eigenvalue weighted by molar-refractivity contribution is 9.10. The number of halogens is 1. The Morgan fingerprint density at radius 1 is 1.47 bits per heavy atom. The van der Waals surface area contributed by atoms with Crippen LogP contribution in [-0.2, 0) is 6.54 Å². The molecule has 1 saturated carbocycles. The van der Waals surface area contributed by atoms with Crippen LogP contribution < -0.4 is 10.9 Å². The lowest BCUT2D eigenvalue weighted by Crippen LogP contribution is -2.34. The number of aromatic nitrogens is 2. The zero-order chi connectivity index (χ0) is 14.0. The summed E-state index contributed by atoms with van der Waals surface area (Å²) in [7, 11) is 0. The second-order valence-electron chi connectivity index (χ2n) is 5.64. The van der Waals surface area contributed by atoms with Crippen LogP contribution in [0.5, 0.6) is 0 Å². The van der Waals surface area contributed by atoms with E-state index in [1.807, 2.05) is 6.92 Å². The summed E-state index contributed by atoms with van der Waals surface area (Å²) in [5.41, 5.74) is 0.755. The van der Waals surface area contributed by atoms with Gasteiger partial charge < -0.3 is 5.32 Å². The summed E-state index contributed by atoms with van der Waals surface area (Å²) < 4.78 is 2.05. The van der Waals surface area contributed by atoms with Crippen LogP contribution in [0.15, 0.2) is 15.5 Å². The fourth-order valence-corrected chi connectivity index (χ4v) is 3.29. The quantitative estimate of drug-likeness (QED) is 0.926. The van der Waals surface area contributed by atoms with Crippen molar-refractivity contribution < 1.29 is 0 Å². The molecule has 0 bridgehead atoms. The van der Waals surface area contributed by atoms with Gasteiger partial charge in [0.25, 0.3) is 5.56 Å². The number of nitrogens with one attached hydrogen (secondary N) is 1. The fraction of sp³-hybridized carbons (Fsp3) is 0.714. The molecule has 1 aliphatic carbocycles. The van der Waals surface area contributed by atoms with Gasteiger partial charge in [0.05, 0.1) is 11.9 Å². The Hall–Kier alpha value is -0.840. The van der Waals surface area contributed by atoms with Crippen molar-refractivity contribution in [1.82, 2.24) is 9.78 Å². The highest BCUT2D eigenvalue weighted by atomic mass is 79.9. The molecule has 0 amide bonds. The molecule has 0 aromatic carbocycles. The van der Waals surface area contributed by atoms with Crippen molar-refractivity contribution in [3.05, 3.63) is 21.0 Å². The van der Waals surface area contributed by atoms with Crippen LogP contribution in [0.4, 0.5) is 5.69 Å². The smallest absolute Gasteiger partial charge is 0.283 e. The van der Waals surface area contributed by atoms with Gasteiger partial charge in [0.1, 0.15) is 4.47 Å². The SMILES string of the molecule is CCn1ncc(NC2CCC(C)CC2C)c(Br)c1=O. The Labute approximate surface area is 122 Å². The molecular formula is C14H22BrN3O. The molecule has 0 spiro atoms. The number of aryl methyl sites for hydroxylation is 1. The van der Waals surface area contributed by atoms with E-state index in [9.17, 15) is 4.79 Å². The molecule has 106 valence electrons.